The van der Waals surface area contributed by atoms with Crippen molar-refractivity contribution in [2.24, 2.45) is 13.0 Å². The van der Waals surface area contributed by atoms with Gasteiger partial charge >= 0.3 is 5.69 Å². The Morgan fingerprint density at radius 3 is 2.77 bits per heavy atom. The van der Waals surface area contributed by atoms with Crippen molar-refractivity contribution >= 4 is 22.8 Å². The van der Waals surface area contributed by atoms with Gasteiger partial charge in [0.15, 0.2) is 11.2 Å². The molecule has 2 aromatic heterocycles. The van der Waals surface area contributed by atoms with Gasteiger partial charge < -0.3 is 18.9 Å². The van der Waals surface area contributed by atoms with Crippen molar-refractivity contribution in [3.63, 3.8) is 0 Å². The molecule has 9 heteroatoms. The van der Waals surface area contributed by atoms with Crippen molar-refractivity contribution in [1.82, 2.24) is 18.7 Å². The predicted molar refractivity (Wildman–Crippen MR) is 115 cm³/mol. The largest absolute Gasteiger partial charge is 0.497 e. The van der Waals surface area contributed by atoms with Crippen LogP contribution in [0.3, 0.4) is 0 Å². The van der Waals surface area contributed by atoms with E-state index in [0.717, 1.165) is 18.0 Å². The standard InChI is InChI=1S/C21H27N5O4/c1-5-30-10-9-24-19(27)17-18(23(3)21(24)28)22-20-25(12-14(2)13-26(17)20)15-7-6-8-16(11-15)29-4/h6-8,11,14H,5,9-10,12-13H2,1-4H3. The molecular weight excluding hydrogens is 386 g/mol. The van der Waals surface area contributed by atoms with E-state index < -0.39 is 0 Å². The molecule has 0 saturated carbocycles. The number of aryl methyl sites for hydroxylation is 1. The normalized spacial score (nSPS) is 16.1. The maximum absolute atomic E-state index is 13.3. The van der Waals surface area contributed by atoms with Gasteiger partial charge in [0.05, 0.1) is 20.3 Å². The van der Waals surface area contributed by atoms with Gasteiger partial charge in [-0.3, -0.25) is 13.9 Å². The predicted octanol–water partition coefficient (Wildman–Crippen LogP) is 1.73. The van der Waals surface area contributed by atoms with Crippen molar-refractivity contribution in [2.75, 3.05) is 31.8 Å². The number of rotatable bonds is 6. The Hall–Kier alpha value is -3.07. The molecule has 30 heavy (non-hydrogen) atoms. The van der Waals surface area contributed by atoms with E-state index >= 15 is 0 Å². The molecule has 160 valence electrons. The molecule has 9 nitrogen and oxygen atoms in total. The summed E-state index contributed by atoms with van der Waals surface area (Å²) in [5, 5.41) is 0. The number of imidazole rings is 1. The van der Waals surface area contributed by atoms with Crippen molar-refractivity contribution in [3.8, 4) is 5.75 Å². The van der Waals surface area contributed by atoms with Crippen molar-refractivity contribution < 1.29 is 9.47 Å². The van der Waals surface area contributed by atoms with Gasteiger partial charge in [0.2, 0.25) is 5.95 Å². The number of anilines is 2. The first-order chi connectivity index (χ1) is 14.5. The number of nitrogens with zero attached hydrogens (tertiary/aromatic N) is 5. The van der Waals surface area contributed by atoms with E-state index in [0.29, 0.717) is 36.9 Å². The van der Waals surface area contributed by atoms with Crippen molar-refractivity contribution in [1.29, 1.82) is 0 Å². The van der Waals surface area contributed by atoms with Crippen LogP contribution in [0.5, 0.6) is 5.75 Å². The van der Waals surface area contributed by atoms with Crippen LogP contribution in [-0.2, 0) is 24.9 Å². The van der Waals surface area contributed by atoms with E-state index in [1.54, 1.807) is 14.2 Å². The molecule has 1 unspecified atom stereocenters. The zero-order valence-electron chi connectivity index (χ0n) is 17.8. The topological polar surface area (TPSA) is 83.5 Å². The molecule has 3 aromatic rings. The van der Waals surface area contributed by atoms with Crippen LogP contribution in [0.2, 0.25) is 0 Å². The van der Waals surface area contributed by atoms with Gasteiger partial charge in [-0.05, 0) is 25.0 Å². The summed E-state index contributed by atoms with van der Waals surface area (Å²) in [6.07, 6.45) is 0. The molecule has 1 aliphatic rings. The SMILES string of the molecule is CCOCCn1c(=O)c2c(nc3n2CC(C)CN3c2cccc(OC)c2)n(C)c1=O. The zero-order valence-corrected chi connectivity index (χ0v) is 17.8. The highest BCUT2D eigenvalue weighted by atomic mass is 16.5. The van der Waals surface area contributed by atoms with Crippen LogP contribution in [0.25, 0.3) is 11.2 Å². The Morgan fingerprint density at radius 1 is 1.23 bits per heavy atom. The lowest BCUT2D eigenvalue weighted by molar-refractivity contribution is 0.137. The number of methoxy groups -OCH3 is 1. The number of ether oxygens (including phenoxy) is 2. The molecule has 1 aromatic carbocycles. The van der Waals surface area contributed by atoms with Crippen LogP contribution >= 0.6 is 0 Å². The fraction of sp³-hybridized carbons (Fsp3) is 0.476. The molecule has 0 spiro atoms. The van der Waals surface area contributed by atoms with Crippen LogP contribution in [0.15, 0.2) is 33.9 Å². The van der Waals surface area contributed by atoms with Gasteiger partial charge in [-0.15, -0.1) is 0 Å². The van der Waals surface area contributed by atoms with E-state index in [-0.39, 0.29) is 23.7 Å². The first-order valence-corrected chi connectivity index (χ1v) is 10.2. The molecule has 0 aliphatic carbocycles. The lowest BCUT2D eigenvalue weighted by Crippen LogP contribution is -2.41. The summed E-state index contributed by atoms with van der Waals surface area (Å²) in [5.74, 6) is 1.69. The molecule has 1 aliphatic heterocycles. The van der Waals surface area contributed by atoms with Gasteiger partial charge in [0, 0.05) is 38.5 Å². The average Bonchev–Trinajstić information content (AvgIpc) is 3.13. The van der Waals surface area contributed by atoms with Crippen molar-refractivity contribution in [2.45, 2.75) is 26.9 Å². The third kappa shape index (κ3) is 3.28. The summed E-state index contributed by atoms with van der Waals surface area (Å²) >= 11 is 0. The summed E-state index contributed by atoms with van der Waals surface area (Å²) in [6, 6.07) is 7.75. The van der Waals surface area contributed by atoms with Crippen LogP contribution in [0.4, 0.5) is 11.6 Å². The summed E-state index contributed by atoms with van der Waals surface area (Å²) in [7, 11) is 3.29. The quantitative estimate of drug-likeness (QED) is 0.573. The van der Waals surface area contributed by atoms with Crippen LogP contribution in [0.1, 0.15) is 13.8 Å². The van der Waals surface area contributed by atoms with E-state index in [9.17, 15) is 9.59 Å². The summed E-state index contributed by atoms with van der Waals surface area (Å²) in [6.45, 7) is 6.49. The smallest absolute Gasteiger partial charge is 0.332 e. The molecule has 0 bridgehead atoms. The summed E-state index contributed by atoms with van der Waals surface area (Å²) in [4.78, 5) is 32.9. The average molecular weight is 413 g/mol. The molecule has 0 N–H and O–H groups in total. The lowest BCUT2D eigenvalue weighted by Gasteiger charge is -2.33. The number of hydrogen-bond acceptors (Lipinski definition) is 6. The fourth-order valence-electron chi connectivity index (χ4n) is 4.00. The second kappa shape index (κ2) is 7.98. The third-order valence-electron chi connectivity index (χ3n) is 5.47. The van der Waals surface area contributed by atoms with Gasteiger partial charge in [-0.2, -0.15) is 4.98 Å². The van der Waals surface area contributed by atoms with E-state index in [1.165, 1.54) is 9.13 Å². The first kappa shape index (κ1) is 20.2. The Balaban J connectivity index is 1.91. The Bertz CT molecular complexity index is 1190. The number of fused-ring (bicyclic) bond motifs is 3. The Morgan fingerprint density at radius 2 is 2.03 bits per heavy atom. The highest BCUT2D eigenvalue weighted by Crippen LogP contribution is 2.34. The van der Waals surface area contributed by atoms with E-state index in [2.05, 4.69) is 11.8 Å². The molecular formula is C21H27N5O4. The maximum Gasteiger partial charge on any atom is 0.332 e. The Kier molecular flexibility index (Phi) is 5.38. The molecule has 0 amide bonds. The highest BCUT2D eigenvalue weighted by molar-refractivity contribution is 5.77. The molecule has 0 fully saturated rings. The third-order valence-corrected chi connectivity index (χ3v) is 5.47. The molecule has 4 rings (SSSR count). The second-order valence-corrected chi connectivity index (χ2v) is 7.61. The van der Waals surface area contributed by atoms with Gasteiger partial charge in [-0.1, -0.05) is 13.0 Å². The number of benzene rings is 1. The van der Waals surface area contributed by atoms with Gasteiger partial charge in [0.1, 0.15) is 5.75 Å². The maximum atomic E-state index is 13.3. The first-order valence-electron chi connectivity index (χ1n) is 10.2. The number of aromatic nitrogens is 4. The summed E-state index contributed by atoms with van der Waals surface area (Å²) < 4.78 is 15.3. The van der Waals surface area contributed by atoms with Crippen LogP contribution in [0, 0.1) is 5.92 Å². The van der Waals surface area contributed by atoms with Gasteiger partial charge in [-0.25, -0.2) is 4.79 Å². The highest BCUT2D eigenvalue weighted by Gasteiger charge is 2.30. The minimum absolute atomic E-state index is 0.213. The molecule has 3 heterocycles. The summed E-state index contributed by atoms with van der Waals surface area (Å²) in [5.41, 5.74) is 1.06. The van der Waals surface area contributed by atoms with E-state index in [1.807, 2.05) is 35.8 Å². The fourth-order valence-corrected chi connectivity index (χ4v) is 4.00. The van der Waals surface area contributed by atoms with Crippen LogP contribution in [-0.4, -0.2) is 45.6 Å². The minimum atomic E-state index is -0.386. The Labute approximate surface area is 174 Å². The van der Waals surface area contributed by atoms with Gasteiger partial charge in [0.25, 0.3) is 5.56 Å². The monoisotopic (exact) mass is 413 g/mol. The van der Waals surface area contributed by atoms with Crippen LogP contribution < -0.4 is 20.9 Å². The van der Waals surface area contributed by atoms with E-state index in [4.69, 9.17) is 14.5 Å². The molecule has 0 radical (unpaired) electrons. The van der Waals surface area contributed by atoms with Crippen molar-refractivity contribution in [3.05, 3.63) is 45.1 Å². The minimum Gasteiger partial charge on any atom is -0.497 e. The zero-order chi connectivity index (χ0) is 21.4. The molecule has 1 atom stereocenters. The number of hydrogen-bond donors (Lipinski definition) is 0. The molecule has 0 saturated heterocycles. The lowest BCUT2D eigenvalue weighted by atomic mass is 10.1. The second-order valence-electron chi connectivity index (χ2n) is 7.61.